The minimum atomic E-state index is -0.573. The van der Waals surface area contributed by atoms with Gasteiger partial charge in [0.05, 0.1) is 22.3 Å². The van der Waals surface area contributed by atoms with Gasteiger partial charge in [-0.05, 0) is 192 Å². The minimum absolute atomic E-state index is 0.116. The molecule has 6 heteroatoms. The molecule has 9 unspecified atom stereocenters. The molecule has 4 saturated carbocycles. The van der Waals surface area contributed by atoms with Crippen molar-refractivity contribution in [3.63, 3.8) is 0 Å². The van der Waals surface area contributed by atoms with Gasteiger partial charge >= 0.3 is 23.9 Å². The third-order valence-corrected chi connectivity index (χ3v) is 19.4. The van der Waals surface area contributed by atoms with E-state index in [1.807, 2.05) is 18.2 Å². The smallest absolute Gasteiger partial charge is 0.346 e. The average Bonchev–Trinajstić information content (AvgIpc) is 3.96. The zero-order chi connectivity index (χ0) is 47.8. The van der Waals surface area contributed by atoms with E-state index in [0.29, 0.717) is 51.8 Å². The lowest BCUT2D eigenvalue weighted by Gasteiger charge is -2.63. The van der Waals surface area contributed by atoms with Gasteiger partial charge in [-0.25, -0.2) is 19.2 Å². The molecule has 0 spiro atoms. The Balaban J connectivity index is 0.852. The van der Waals surface area contributed by atoms with Crippen molar-refractivity contribution in [2.24, 2.45) is 52.3 Å². The van der Waals surface area contributed by atoms with Gasteiger partial charge in [0.2, 0.25) is 0 Å². The number of carbonyl (C=O) groups excluding carboxylic acids is 4. The van der Waals surface area contributed by atoms with Gasteiger partial charge in [-0.3, -0.25) is 0 Å². The summed E-state index contributed by atoms with van der Waals surface area (Å²) in [6.45, 7) is 12.8. The Bertz CT molecular complexity index is 2820. The molecule has 5 aromatic carbocycles. The zero-order valence-corrected chi connectivity index (χ0v) is 41.3. The van der Waals surface area contributed by atoms with Crippen LogP contribution in [0.25, 0.3) is 11.1 Å². The normalized spacial score (nSPS) is 29.4. The maximum absolute atomic E-state index is 12.4. The Labute approximate surface area is 409 Å². The predicted octanol–water partition coefficient (Wildman–Crippen LogP) is 14.6. The molecule has 0 aromatic heterocycles. The number of ether oxygens (including phenoxy) is 2. The summed E-state index contributed by atoms with van der Waals surface area (Å²) in [6.07, 6.45) is 17.3. The summed E-state index contributed by atoms with van der Waals surface area (Å²) < 4.78 is 9.68. The van der Waals surface area contributed by atoms with E-state index in [9.17, 15) is 19.2 Å². The van der Waals surface area contributed by atoms with Crippen LogP contribution in [0, 0.1) is 52.3 Å². The fourth-order valence-electron chi connectivity index (χ4n) is 15.7. The second-order valence-corrected chi connectivity index (χ2v) is 23.4. The fourth-order valence-corrected chi connectivity index (χ4v) is 15.7. The van der Waals surface area contributed by atoms with E-state index in [1.165, 1.54) is 86.5 Å². The maximum atomic E-state index is 12.4. The quantitative estimate of drug-likeness (QED) is 0.0915. The third kappa shape index (κ3) is 8.02. The summed E-state index contributed by atoms with van der Waals surface area (Å²) in [4.78, 5) is 48.7. The Hall–Kier alpha value is -5.62. The molecule has 6 nitrogen and oxygen atoms in total. The van der Waals surface area contributed by atoms with Crippen LogP contribution < -0.4 is 0 Å². The predicted molar refractivity (Wildman–Crippen MR) is 270 cm³/mol. The highest BCUT2D eigenvalue weighted by Crippen LogP contribution is 2.70. The Morgan fingerprint density at radius 1 is 0.507 bits per heavy atom. The van der Waals surface area contributed by atoms with Crippen molar-refractivity contribution in [2.45, 2.75) is 130 Å². The van der Waals surface area contributed by atoms with Crippen molar-refractivity contribution in [2.75, 3.05) is 0 Å². The van der Waals surface area contributed by atoms with E-state index in [4.69, 9.17) is 9.47 Å². The van der Waals surface area contributed by atoms with Crippen molar-refractivity contribution < 1.29 is 28.7 Å². The van der Waals surface area contributed by atoms with Gasteiger partial charge in [-0.2, -0.15) is 0 Å². The molecule has 6 aliphatic rings. The highest BCUT2D eigenvalue weighted by molar-refractivity contribution is 6.15. The molecule has 69 heavy (non-hydrogen) atoms. The van der Waals surface area contributed by atoms with Crippen molar-refractivity contribution in [3.8, 4) is 11.1 Å². The minimum Gasteiger partial charge on any atom is -0.386 e. The van der Waals surface area contributed by atoms with Gasteiger partial charge in [-0.15, -0.1) is 0 Å². The third-order valence-electron chi connectivity index (χ3n) is 19.4. The summed E-state index contributed by atoms with van der Waals surface area (Å²) >= 11 is 0. The van der Waals surface area contributed by atoms with E-state index >= 15 is 0 Å². The van der Waals surface area contributed by atoms with E-state index in [2.05, 4.69) is 107 Å². The standard InChI is InChI=1S/C63H68O6/c1-38(2)7-6-8-39(3)54-27-28-55-51-26-23-48-37-63(32-31-61(48,4)56(51)29-30-62(54,55)5,46-19-11-41(12-20-46)34-43-14-25-50-53(36-43)60(67)69-58(50)65)47-21-17-45(18-22-47)44-15-9-40(10-16-44)33-42-13-24-49-52(35-42)59(66)68-57(49)64/h9-22,24-25,35-36,38-39,48,51,54-56H,6-8,23,26-34,37H2,1-5H3. The Morgan fingerprint density at radius 2 is 1.01 bits per heavy atom. The number of hydrogen-bond acceptors (Lipinski definition) is 6. The van der Waals surface area contributed by atoms with Crippen LogP contribution >= 0.6 is 0 Å². The van der Waals surface area contributed by atoms with Gasteiger partial charge in [0.1, 0.15) is 0 Å². The largest absolute Gasteiger partial charge is 0.386 e. The summed E-state index contributed by atoms with van der Waals surface area (Å²) in [5.74, 6) is 3.41. The lowest BCUT2D eigenvalue weighted by atomic mass is 9.42. The first kappa shape index (κ1) is 45.8. The molecule has 2 heterocycles. The van der Waals surface area contributed by atoms with Crippen LogP contribution in [0.4, 0.5) is 0 Å². The van der Waals surface area contributed by atoms with Gasteiger partial charge in [0.15, 0.2) is 0 Å². The van der Waals surface area contributed by atoms with Crippen molar-refractivity contribution in [3.05, 3.63) is 165 Å². The lowest BCUT2D eigenvalue weighted by Crippen LogP contribution is -2.55. The molecule has 4 aliphatic carbocycles. The SMILES string of the molecule is CC(C)CCCC(C)C1CCC2C3CCC4CC(c5ccc(Cc6ccc7c(c6)C(=O)OC7=O)cc5)(c5ccc(-c6ccc(Cc7ccc8c(c7)C(=O)OC8=O)cc6)cc5)CCC4(C)C3CCC12C. The molecule has 0 radical (unpaired) electrons. The van der Waals surface area contributed by atoms with Crippen LogP contribution in [-0.4, -0.2) is 23.9 Å². The summed E-state index contributed by atoms with van der Waals surface area (Å²) in [5.41, 5.74) is 11.5. The fraction of sp³-hybridized carbons (Fsp3) is 0.460. The van der Waals surface area contributed by atoms with Crippen LogP contribution in [0.5, 0.6) is 0 Å². The van der Waals surface area contributed by atoms with Gasteiger partial charge in [0.25, 0.3) is 0 Å². The first-order valence-corrected chi connectivity index (χ1v) is 26.3. The number of fused-ring (bicyclic) bond motifs is 7. The summed E-state index contributed by atoms with van der Waals surface area (Å²) in [7, 11) is 0. The molecule has 11 rings (SSSR count). The summed E-state index contributed by atoms with van der Waals surface area (Å²) in [6, 6.07) is 38.3. The van der Waals surface area contributed by atoms with Gasteiger partial charge in [0, 0.05) is 5.41 Å². The maximum Gasteiger partial charge on any atom is 0.346 e. The zero-order valence-electron chi connectivity index (χ0n) is 41.3. The number of benzene rings is 5. The topological polar surface area (TPSA) is 86.7 Å². The van der Waals surface area contributed by atoms with E-state index in [0.717, 1.165) is 70.6 Å². The molecule has 0 N–H and O–H groups in total. The molecule has 0 saturated heterocycles. The molecular formula is C63H68O6. The second-order valence-electron chi connectivity index (χ2n) is 23.4. The monoisotopic (exact) mass is 921 g/mol. The van der Waals surface area contributed by atoms with Gasteiger partial charge < -0.3 is 9.47 Å². The molecule has 2 aliphatic heterocycles. The van der Waals surface area contributed by atoms with E-state index < -0.39 is 23.9 Å². The average molecular weight is 921 g/mol. The molecule has 9 atom stereocenters. The van der Waals surface area contributed by atoms with Crippen molar-refractivity contribution in [1.82, 2.24) is 0 Å². The van der Waals surface area contributed by atoms with Crippen LogP contribution in [-0.2, 0) is 27.7 Å². The molecule has 4 fully saturated rings. The number of carbonyl (C=O) groups is 4. The highest BCUT2D eigenvalue weighted by Gasteiger charge is 2.62. The highest BCUT2D eigenvalue weighted by atomic mass is 16.6. The lowest BCUT2D eigenvalue weighted by molar-refractivity contribution is -0.122. The number of hydrogen-bond donors (Lipinski definition) is 0. The molecule has 0 amide bonds. The number of esters is 4. The first-order valence-electron chi connectivity index (χ1n) is 26.3. The van der Waals surface area contributed by atoms with E-state index in [1.54, 1.807) is 18.2 Å². The van der Waals surface area contributed by atoms with Crippen molar-refractivity contribution in [1.29, 1.82) is 0 Å². The molecule has 356 valence electrons. The van der Waals surface area contributed by atoms with Crippen molar-refractivity contribution >= 4 is 23.9 Å². The Morgan fingerprint density at radius 3 is 1.59 bits per heavy atom. The first-order chi connectivity index (χ1) is 33.2. The Kier molecular flexibility index (Phi) is 11.7. The van der Waals surface area contributed by atoms with Gasteiger partial charge in [-0.1, -0.05) is 139 Å². The van der Waals surface area contributed by atoms with Crippen LogP contribution in [0.2, 0.25) is 0 Å². The second kappa shape index (κ2) is 17.7. The number of cyclic esters (lactones) is 4. The number of rotatable bonds is 12. The molecule has 0 bridgehead atoms. The summed E-state index contributed by atoms with van der Waals surface area (Å²) in [5, 5.41) is 0. The van der Waals surface area contributed by atoms with Crippen LogP contribution in [0.15, 0.2) is 109 Å². The molecule has 5 aromatic rings. The van der Waals surface area contributed by atoms with Crippen LogP contribution in [0.3, 0.4) is 0 Å². The van der Waals surface area contributed by atoms with E-state index in [-0.39, 0.29) is 5.41 Å². The van der Waals surface area contributed by atoms with Crippen LogP contribution in [0.1, 0.15) is 186 Å². The molecular weight excluding hydrogens is 853 g/mol.